The van der Waals surface area contributed by atoms with Crippen LogP contribution >= 0.6 is 0 Å². The maximum absolute atomic E-state index is 5.18. The lowest BCUT2D eigenvalue weighted by Crippen LogP contribution is -1.93. The normalized spacial score (nSPS) is 12.2. The number of benzene rings is 7. The van der Waals surface area contributed by atoms with Crippen LogP contribution in [-0.4, -0.2) is 18.9 Å². The Balaban J connectivity index is 1.20. The second kappa shape index (κ2) is 9.50. The topological polar surface area (TPSA) is 35.1 Å². The molecule has 11 aromatic rings. The van der Waals surface area contributed by atoms with E-state index >= 15 is 0 Å². The molecule has 0 N–H and O–H groups in total. The largest absolute Gasteiger partial charge is 0.309 e. The Hall–Kier alpha value is -6.52. The molecule has 7 aromatic carbocycles. The molecule has 0 aliphatic carbocycles. The van der Waals surface area contributed by atoms with Gasteiger partial charge in [0.15, 0.2) is 5.65 Å². The van der Waals surface area contributed by atoms with Crippen LogP contribution in [0, 0.1) is 0 Å². The predicted octanol–water partition coefficient (Wildman–Crippen LogP) is 11.2. The van der Waals surface area contributed by atoms with Crippen LogP contribution in [0.3, 0.4) is 0 Å². The highest BCUT2D eigenvalue weighted by Crippen LogP contribution is 2.42. The number of para-hydroxylation sites is 4. The summed E-state index contributed by atoms with van der Waals surface area (Å²) in [5.74, 6) is 0. The third-order valence-electron chi connectivity index (χ3n) is 10.0. The zero-order chi connectivity index (χ0) is 31.3. The molecule has 11 rings (SSSR count). The standard InChI is InChI=1S/C44H26N4/c1-3-11-27(12-4-1)29-19-21-33-34-23-28(20-22-40(34)47(41(33)26-29)31-13-5-2-6-14-31)30-24-35-32-15-7-10-18-39(32)48-43(35)36(25-30)42-44(48)46-38-17-9-8-16-37(38)45-42/h1-26H. The van der Waals surface area contributed by atoms with E-state index in [2.05, 4.69) is 148 Å². The van der Waals surface area contributed by atoms with Gasteiger partial charge in [0.05, 0.1) is 33.1 Å². The van der Waals surface area contributed by atoms with Crippen LogP contribution in [0.2, 0.25) is 0 Å². The molecule has 0 bridgehead atoms. The monoisotopic (exact) mass is 610 g/mol. The molecule has 4 heteroatoms. The third kappa shape index (κ3) is 3.49. The number of aromatic nitrogens is 4. The van der Waals surface area contributed by atoms with Gasteiger partial charge >= 0.3 is 0 Å². The molecule has 0 unspecified atom stereocenters. The summed E-state index contributed by atoms with van der Waals surface area (Å²) in [6.45, 7) is 0. The van der Waals surface area contributed by atoms with Gasteiger partial charge in [-0.05, 0) is 82.9 Å². The van der Waals surface area contributed by atoms with Crippen molar-refractivity contribution in [1.29, 1.82) is 0 Å². The Morgan fingerprint density at radius 1 is 0.375 bits per heavy atom. The summed E-state index contributed by atoms with van der Waals surface area (Å²) in [4.78, 5) is 10.3. The van der Waals surface area contributed by atoms with Crippen LogP contribution < -0.4 is 0 Å². The first kappa shape index (κ1) is 25.6. The summed E-state index contributed by atoms with van der Waals surface area (Å²) >= 11 is 0. The zero-order valence-electron chi connectivity index (χ0n) is 25.8. The molecule has 0 spiro atoms. The third-order valence-corrected chi connectivity index (χ3v) is 10.0. The van der Waals surface area contributed by atoms with Crippen LogP contribution in [0.15, 0.2) is 158 Å². The fraction of sp³-hybridized carbons (Fsp3) is 0. The summed E-state index contributed by atoms with van der Waals surface area (Å²) < 4.78 is 4.70. The molecule has 4 nitrogen and oxygen atoms in total. The molecule has 0 fully saturated rings. The summed E-state index contributed by atoms with van der Waals surface area (Å²) in [7, 11) is 0. The van der Waals surface area contributed by atoms with Crippen LogP contribution in [0.1, 0.15) is 0 Å². The van der Waals surface area contributed by atoms with Crippen molar-refractivity contribution in [3.63, 3.8) is 0 Å². The van der Waals surface area contributed by atoms with E-state index in [4.69, 9.17) is 9.97 Å². The second-order valence-electron chi connectivity index (χ2n) is 12.7. The number of hydrogen-bond acceptors (Lipinski definition) is 2. The van der Waals surface area contributed by atoms with E-state index in [1.165, 1.54) is 60.3 Å². The number of fused-ring (bicyclic) bond motifs is 10. The SMILES string of the molecule is c1ccc(-c2ccc3c4cc(-c5cc6c7ccccc7n7c8nc9ccccc9nc8c(c5)c67)ccc4n(-c4ccccc4)c3c2)cc1. The Kier molecular flexibility index (Phi) is 5.08. The Labute approximate surface area is 275 Å². The maximum atomic E-state index is 5.18. The molecule has 4 aromatic heterocycles. The first-order chi connectivity index (χ1) is 23.8. The Morgan fingerprint density at radius 3 is 1.88 bits per heavy atom. The molecule has 0 atom stereocenters. The maximum Gasteiger partial charge on any atom is 0.165 e. The average molecular weight is 611 g/mol. The molecular formula is C44H26N4. The smallest absolute Gasteiger partial charge is 0.165 e. The molecule has 222 valence electrons. The van der Waals surface area contributed by atoms with Gasteiger partial charge in [-0.3, -0.25) is 4.40 Å². The first-order valence-electron chi connectivity index (χ1n) is 16.3. The molecule has 48 heavy (non-hydrogen) atoms. The lowest BCUT2D eigenvalue weighted by molar-refractivity contribution is 1.18. The van der Waals surface area contributed by atoms with Gasteiger partial charge in [0.1, 0.15) is 5.52 Å². The van der Waals surface area contributed by atoms with Crippen LogP contribution in [0.5, 0.6) is 0 Å². The average Bonchev–Trinajstić information content (AvgIpc) is 3.78. The fourth-order valence-corrected chi connectivity index (χ4v) is 7.86. The lowest BCUT2D eigenvalue weighted by Gasteiger charge is -2.09. The van der Waals surface area contributed by atoms with Crippen molar-refractivity contribution in [2.45, 2.75) is 0 Å². The molecule has 0 aliphatic rings. The quantitative estimate of drug-likeness (QED) is 0.199. The van der Waals surface area contributed by atoms with E-state index < -0.39 is 0 Å². The molecular weight excluding hydrogens is 585 g/mol. The van der Waals surface area contributed by atoms with Crippen molar-refractivity contribution in [1.82, 2.24) is 18.9 Å². The molecule has 0 radical (unpaired) electrons. The molecule has 0 saturated heterocycles. The predicted molar refractivity (Wildman–Crippen MR) is 199 cm³/mol. The van der Waals surface area contributed by atoms with Gasteiger partial charge in [-0.2, -0.15) is 0 Å². The van der Waals surface area contributed by atoms with Crippen LogP contribution in [0.4, 0.5) is 0 Å². The number of rotatable bonds is 3. The first-order valence-corrected chi connectivity index (χ1v) is 16.3. The van der Waals surface area contributed by atoms with E-state index in [-0.39, 0.29) is 0 Å². The van der Waals surface area contributed by atoms with E-state index in [0.29, 0.717) is 0 Å². The summed E-state index contributed by atoms with van der Waals surface area (Å²) in [6.07, 6.45) is 0. The highest BCUT2D eigenvalue weighted by atomic mass is 15.0. The van der Waals surface area contributed by atoms with E-state index in [1.54, 1.807) is 0 Å². The van der Waals surface area contributed by atoms with Crippen molar-refractivity contribution >= 4 is 71.2 Å². The van der Waals surface area contributed by atoms with Gasteiger partial charge in [-0.1, -0.05) is 97.1 Å². The van der Waals surface area contributed by atoms with Crippen molar-refractivity contribution in [3.05, 3.63) is 158 Å². The van der Waals surface area contributed by atoms with Gasteiger partial charge in [0.25, 0.3) is 0 Å². The minimum absolute atomic E-state index is 0.905. The van der Waals surface area contributed by atoms with Crippen molar-refractivity contribution in [3.8, 4) is 27.9 Å². The molecule has 0 aliphatic heterocycles. The van der Waals surface area contributed by atoms with Gasteiger partial charge in [0, 0.05) is 32.6 Å². The Morgan fingerprint density at radius 2 is 1.02 bits per heavy atom. The van der Waals surface area contributed by atoms with Gasteiger partial charge in [-0.25, -0.2) is 9.97 Å². The van der Waals surface area contributed by atoms with E-state index in [9.17, 15) is 0 Å². The van der Waals surface area contributed by atoms with Gasteiger partial charge in [-0.15, -0.1) is 0 Å². The van der Waals surface area contributed by atoms with E-state index in [1.807, 2.05) is 18.2 Å². The van der Waals surface area contributed by atoms with Crippen molar-refractivity contribution < 1.29 is 0 Å². The second-order valence-corrected chi connectivity index (χ2v) is 12.7. The highest BCUT2D eigenvalue weighted by Gasteiger charge is 2.22. The summed E-state index contributed by atoms with van der Waals surface area (Å²) in [5, 5.41) is 6.05. The Bertz CT molecular complexity index is 3040. The lowest BCUT2D eigenvalue weighted by atomic mass is 9.98. The summed E-state index contributed by atoms with van der Waals surface area (Å²) in [6, 6.07) is 56.6. The van der Waals surface area contributed by atoms with Gasteiger partial charge in [0.2, 0.25) is 0 Å². The van der Waals surface area contributed by atoms with Crippen LogP contribution in [0.25, 0.3) is 99.1 Å². The molecule has 4 heterocycles. The molecule has 0 amide bonds. The number of hydrogen-bond donors (Lipinski definition) is 0. The minimum Gasteiger partial charge on any atom is -0.309 e. The van der Waals surface area contributed by atoms with E-state index in [0.717, 1.165) is 38.8 Å². The van der Waals surface area contributed by atoms with Gasteiger partial charge < -0.3 is 4.57 Å². The summed E-state index contributed by atoms with van der Waals surface area (Å²) in [5.41, 5.74) is 14.3. The highest BCUT2D eigenvalue weighted by molar-refractivity contribution is 6.24. The minimum atomic E-state index is 0.905. The fourth-order valence-electron chi connectivity index (χ4n) is 7.86. The van der Waals surface area contributed by atoms with Crippen LogP contribution in [-0.2, 0) is 0 Å². The zero-order valence-corrected chi connectivity index (χ0v) is 25.8. The van der Waals surface area contributed by atoms with Crippen molar-refractivity contribution in [2.24, 2.45) is 0 Å². The van der Waals surface area contributed by atoms with Crippen molar-refractivity contribution in [2.75, 3.05) is 0 Å². The number of nitrogens with zero attached hydrogens (tertiary/aromatic N) is 4. The molecule has 0 saturated carbocycles.